The SMILES string of the molecule is NC(=O)CCC(NC(=O)CSCc1ccc(Cl)s1)C(=O)O. The summed E-state index contributed by atoms with van der Waals surface area (Å²) in [6.45, 7) is 0. The first-order valence-electron chi connectivity index (χ1n) is 6.01. The number of carbonyl (C=O) groups excluding carboxylic acids is 2. The monoisotopic (exact) mass is 350 g/mol. The maximum absolute atomic E-state index is 11.7. The fourth-order valence-corrected chi connectivity index (χ4v) is 3.49. The Morgan fingerprint density at radius 1 is 1.43 bits per heavy atom. The fraction of sp³-hybridized carbons (Fsp3) is 0.417. The molecule has 1 rings (SSSR count). The van der Waals surface area contributed by atoms with Gasteiger partial charge in [0.15, 0.2) is 0 Å². The highest BCUT2D eigenvalue weighted by atomic mass is 35.5. The van der Waals surface area contributed by atoms with E-state index in [0.29, 0.717) is 10.1 Å². The first-order chi connectivity index (χ1) is 9.88. The van der Waals surface area contributed by atoms with Crippen LogP contribution < -0.4 is 11.1 Å². The third kappa shape index (κ3) is 7.35. The Bertz CT molecular complexity index is 521. The van der Waals surface area contributed by atoms with E-state index in [2.05, 4.69) is 5.32 Å². The molecule has 2 amide bonds. The minimum Gasteiger partial charge on any atom is -0.480 e. The van der Waals surface area contributed by atoms with Gasteiger partial charge in [-0.2, -0.15) is 0 Å². The van der Waals surface area contributed by atoms with Crippen molar-refractivity contribution in [1.82, 2.24) is 5.32 Å². The predicted octanol–water partition coefficient (Wildman–Crippen LogP) is 1.47. The Morgan fingerprint density at radius 3 is 2.67 bits per heavy atom. The van der Waals surface area contributed by atoms with Crippen LogP contribution in [0.4, 0.5) is 0 Å². The van der Waals surface area contributed by atoms with Gasteiger partial charge in [0.1, 0.15) is 6.04 Å². The summed E-state index contributed by atoms with van der Waals surface area (Å²) < 4.78 is 0.687. The number of aliphatic carboxylic acids is 1. The molecule has 0 aromatic carbocycles. The number of amides is 2. The minimum atomic E-state index is -1.18. The number of carboxylic acids is 1. The molecule has 0 aliphatic rings. The first kappa shape index (κ1) is 17.8. The second kappa shape index (κ2) is 8.91. The highest BCUT2D eigenvalue weighted by Gasteiger charge is 2.20. The van der Waals surface area contributed by atoms with E-state index in [4.69, 9.17) is 22.4 Å². The minimum absolute atomic E-state index is 0.0123. The van der Waals surface area contributed by atoms with Gasteiger partial charge < -0.3 is 16.2 Å². The molecule has 21 heavy (non-hydrogen) atoms. The van der Waals surface area contributed by atoms with Gasteiger partial charge in [-0.3, -0.25) is 9.59 Å². The van der Waals surface area contributed by atoms with Gasteiger partial charge >= 0.3 is 5.97 Å². The molecule has 0 aliphatic heterocycles. The number of hydrogen-bond donors (Lipinski definition) is 3. The molecule has 0 saturated heterocycles. The number of primary amides is 1. The molecule has 0 saturated carbocycles. The first-order valence-corrected chi connectivity index (χ1v) is 8.36. The number of nitrogens with one attached hydrogen (secondary N) is 1. The van der Waals surface area contributed by atoms with Crippen LogP contribution in [0.1, 0.15) is 17.7 Å². The van der Waals surface area contributed by atoms with Crippen molar-refractivity contribution in [3.63, 3.8) is 0 Å². The molecular formula is C12H15ClN2O4S2. The smallest absolute Gasteiger partial charge is 0.326 e. The zero-order valence-corrected chi connectivity index (χ0v) is 13.4. The van der Waals surface area contributed by atoms with Crippen molar-refractivity contribution in [3.05, 3.63) is 21.3 Å². The lowest BCUT2D eigenvalue weighted by molar-refractivity contribution is -0.141. The van der Waals surface area contributed by atoms with Crippen LogP contribution in [0.25, 0.3) is 0 Å². The van der Waals surface area contributed by atoms with Crippen molar-refractivity contribution in [2.75, 3.05) is 5.75 Å². The summed E-state index contributed by atoms with van der Waals surface area (Å²) in [7, 11) is 0. The molecule has 0 bridgehead atoms. The maximum Gasteiger partial charge on any atom is 0.326 e. The van der Waals surface area contributed by atoms with Crippen LogP contribution in [-0.2, 0) is 20.1 Å². The van der Waals surface area contributed by atoms with Crippen LogP contribution in [0.15, 0.2) is 12.1 Å². The lowest BCUT2D eigenvalue weighted by atomic mass is 10.1. The van der Waals surface area contributed by atoms with Gasteiger partial charge in [0.05, 0.1) is 10.1 Å². The van der Waals surface area contributed by atoms with Crippen LogP contribution in [0, 0.1) is 0 Å². The number of carboxylic acid groups (broad SMARTS) is 1. The number of thioether (sulfide) groups is 1. The number of halogens is 1. The van der Waals surface area contributed by atoms with Crippen molar-refractivity contribution >= 4 is 52.5 Å². The van der Waals surface area contributed by atoms with Crippen LogP contribution in [0.5, 0.6) is 0 Å². The molecule has 1 unspecified atom stereocenters. The Hall–Kier alpha value is -1.25. The van der Waals surface area contributed by atoms with E-state index in [1.54, 1.807) is 6.07 Å². The number of nitrogens with two attached hydrogens (primary N) is 1. The van der Waals surface area contributed by atoms with E-state index < -0.39 is 17.9 Å². The Balaban J connectivity index is 2.32. The van der Waals surface area contributed by atoms with Crippen molar-refractivity contribution in [3.8, 4) is 0 Å². The average Bonchev–Trinajstić information content (AvgIpc) is 2.79. The lowest BCUT2D eigenvalue weighted by Crippen LogP contribution is -2.42. The van der Waals surface area contributed by atoms with Gasteiger partial charge in [-0.15, -0.1) is 23.1 Å². The van der Waals surface area contributed by atoms with Crippen LogP contribution in [-0.4, -0.2) is 34.7 Å². The number of carbonyl (C=O) groups is 3. The normalized spacial score (nSPS) is 11.9. The summed E-state index contributed by atoms with van der Waals surface area (Å²) in [5.74, 6) is -1.40. The summed E-state index contributed by atoms with van der Waals surface area (Å²) in [4.78, 5) is 34.3. The van der Waals surface area contributed by atoms with Gasteiger partial charge in [-0.25, -0.2) is 4.79 Å². The Kier molecular flexibility index (Phi) is 7.55. The highest BCUT2D eigenvalue weighted by Crippen LogP contribution is 2.24. The molecule has 1 aromatic heterocycles. The van der Waals surface area contributed by atoms with E-state index in [1.807, 2.05) is 6.07 Å². The standard InChI is InChI=1S/C12H15ClN2O4S2/c13-9-3-1-7(21-9)5-20-6-11(17)15-8(12(18)19)2-4-10(14)16/h1,3,8H,2,4-6H2,(H2,14,16)(H,15,17)(H,18,19). The maximum atomic E-state index is 11.7. The average molecular weight is 351 g/mol. The molecule has 1 aromatic rings. The van der Waals surface area contributed by atoms with Crippen LogP contribution >= 0.6 is 34.7 Å². The number of rotatable bonds is 9. The fourth-order valence-electron chi connectivity index (χ4n) is 1.45. The van der Waals surface area contributed by atoms with Gasteiger partial charge in [0.25, 0.3) is 0 Å². The molecule has 0 aliphatic carbocycles. The summed E-state index contributed by atoms with van der Waals surface area (Å²) in [6.07, 6.45) is -0.0975. The van der Waals surface area contributed by atoms with Crippen molar-refractivity contribution in [2.24, 2.45) is 5.73 Å². The van der Waals surface area contributed by atoms with E-state index in [-0.39, 0.29) is 24.5 Å². The molecular weight excluding hydrogens is 336 g/mol. The van der Waals surface area contributed by atoms with Gasteiger partial charge in [-0.1, -0.05) is 11.6 Å². The lowest BCUT2D eigenvalue weighted by Gasteiger charge is -2.13. The zero-order chi connectivity index (χ0) is 15.8. The molecule has 4 N–H and O–H groups in total. The summed E-state index contributed by atoms with van der Waals surface area (Å²) >= 11 is 8.59. The molecule has 0 spiro atoms. The zero-order valence-electron chi connectivity index (χ0n) is 11.0. The summed E-state index contributed by atoms with van der Waals surface area (Å²) in [5.41, 5.74) is 4.96. The van der Waals surface area contributed by atoms with E-state index in [0.717, 1.165) is 4.88 Å². The Morgan fingerprint density at radius 2 is 2.14 bits per heavy atom. The molecule has 116 valence electrons. The summed E-state index contributed by atoms with van der Waals surface area (Å²) in [6, 6.07) is 2.57. The number of thiophene rings is 1. The van der Waals surface area contributed by atoms with Gasteiger partial charge in [-0.05, 0) is 18.6 Å². The van der Waals surface area contributed by atoms with Crippen LogP contribution in [0.3, 0.4) is 0 Å². The topological polar surface area (TPSA) is 109 Å². The molecule has 1 atom stereocenters. The van der Waals surface area contributed by atoms with Crippen molar-refractivity contribution in [1.29, 1.82) is 0 Å². The van der Waals surface area contributed by atoms with E-state index in [9.17, 15) is 14.4 Å². The van der Waals surface area contributed by atoms with E-state index in [1.165, 1.54) is 23.1 Å². The molecule has 0 radical (unpaired) electrons. The summed E-state index contributed by atoms with van der Waals surface area (Å²) in [5, 5.41) is 11.3. The Labute approximate surface area is 135 Å². The molecule has 0 fully saturated rings. The number of hydrogen-bond acceptors (Lipinski definition) is 5. The third-order valence-corrected chi connectivity index (χ3v) is 4.81. The van der Waals surface area contributed by atoms with Crippen molar-refractivity contribution < 1.29 is 19.5 Å². The third-order valence-electron chi connectivity index (χ3n) is 2.42. The van der Waals surface area contributed by atoms with Gasteiger partial charge in [0.2, 0.25) is 11.8 Å². The second-order valence-corrected chi connectivity index (χ2v) is 6.95. The highest BCUT2D eigenvalue weighted by molar-refractivity contribution is 7.99. The molecule has 1 heterocycles. The second-order valence-electron chi connectivity index (χ2n) is 4.16. The molecule has 6 nitrogen and oxygen atoms in total. The largest absolute Gasteiger partial charge is 0.480 e. The van der Waals surface area contributed by atoms with Crippen LogP contribution in [0.2, 0.25) is 4.34 Å². The predicted molar refractivity (Wildman–Crippen MR) is 83.5 cm³/mol. The van der Waals surface area contributed by atoms with Gasteiger partial charge in [0, 0.05) is 17.1 Å². The quantitative estimate of drug-likeness (QED) is 0.624. The molecule has 9 heteroatoms. The van der Waals surface area contributed by atoms with E-state index >= 15 is 0 Å². The van der Waals surface area contributed by atoms with Crippen molar-refractivity contribution in [2.45, 2.75) is 24.6 Å².